The number of aromatic amines is 1. The zero-order chi connectivity index (χ0) is 15.4. The molecule has 2 rings (SSSR count). The first-order valence-corrected chi connectivity index (χ1v) is 6.69. The highest BCUT2D eigenvalue weighted by Crippen LogP contribution is 2.19. The van der Waals surface area contributed by atoms with Gasteiger partial charge in [-0.2, -0.15) is 0 Å². The fourth-order valence-corrected chi connectivity index (χ4v) is 1.92. The molecule has 2 N–H and O–H groups in total. The Bertz CT molecular complexity index is 780. The van der Waals surface area contributed by atoms with Gasteiger partial charge in [-0.15, -0.1) is 0 Å². The lowest BCUT2D eigenvalue weighted by Gasteiger charge is -2.07. The minimum atomic E-state index is -0.534. The maximum Gasteiger partial charge on any atom is 0.328 e. The molecule has 0 saturated carbocycles. The Morgan fingerprint density at radius 2 is 2.10 bits per heavy atom. The highest BCUT2D eigenvalue weighted by Gasteiger charge is 2.05. The fourth-order valence-electron chi connectivity index (χ4n) is 1.74. The van der Waals surface area contributed by atoms with Crippen molar-refractivity contribution in [1.82, 2.24) is 9.55 Å². The van der Waals surface area contributed by atoms with Crippen molar-refractivity contribution in [2.75, 3.05) is 5.32 Å². The molecule has 1 aromatic carbocycles. The zero-order valence-corrected chi connectivity index (χ0v) is 12.1. The van der Waals surface area contributed by atoms with Crippen LogP contribution in [0.1, 0.15) is 12.0 Å². The van der Waals surface area contributed by atoms with E-state index in [1.807, 2.05) is 13.0 Å². The summed E-state index contributed by atoms with van der Waals surface area (Å²) in [6, 6.07) is 6.47. The Hall–Kier alpha value is -2.34. The molecule has 0 aliphatic carbocycles. The van der Waals surface area contributed by atoms with Crippen molar-refractivity contribution >= 4 is 23.2 Å². The average molecular weight is 308 g/mol. The summed E-state index contributed by atoms with van der Waals surface area (Å²) in [7, 11) is 0. The third kappa shape index (κ3) is 4.06. The van der Waals surface area contributed by atoms with Crippen molar-refractivity contribution in [2.45, 2.75) is 19.9 Å². The average Bonchev–Trinajstić information content (AvgIpc) is 2.42. The third-order valence-electron chi connectivity index (χ3n) is 2.93. The van der Waals surface area contributed by atoms with E-state index in [0.717, 1.165) is 5.56 Å². The van der Waals surface area contributed by atoms with Gasteiger partial charge in [-0.25, -0.2) is 4.79 Å². The molecule has 0 atom stereocenters. The summed E-state index contributed by atoms with van der Waals surface area (Å²) < 4.78 is 1.27. The van der Waals surface area contributed by atoms with Crippen molar-refractivity contribution in [2.24, 2.45) is 0 Å². The van der Waals surface area contributed by atoms with Crippen LogP contribution in [-0.2, 0) is 11.3 Å². The van der Waals surface area contributed by atoms with Gasteiger partial charge in [0.1, 0.15) is 0 Å². The molecule has 0 aliphatic rings. The number of benzene rings is 1. The van der Waals surface area contributed by atoms with E-state index in [1.165, 1.54) is 16.8 Å². The van der Waals surface area contributed by atoms with Gasteiger partial charge in [-0.3, -0.25) is 14.6 Å². The number of carbonyl (C=O) groups excluding carboxylic acids is 1. The number of carbonyl (C=O) groups is 1. The number of halogens is 1. The minimum absolute atomic E-state index is 0.109. The molecule has 0 radical (unpaired) electrons. The highest BCUT2D eigenvalue weighted by atomic mass is 35.5. The second kappa shape index (κ2) is 6.41. The van der Waals surface area contributed by atoms with E-state index in [4.69, 9.17) is 11.6 Å². The number of rotatable bonds is 4. The van der Waals surface area contributed by atoms with E-state index >= 15 is 0 Å². The summed E-state index contributed by atoms with van der Waals surface area (Å²) in [6.45, 7) is 2.05. The Morgan fingerprint density at radius 3 is 2.76 bits per heavy atom. The first kappa shape index (κ1) is 15.1. The lowest BCUT2D eigenvalue weighted by Crippen LogP contribution is -2.29. The highest BCUT2D eigenvalue weighted by molar-refractivity contribution is 6.31. The van der Waals surface area contributed by atoms with Gasteiger partial charge in [0.05, 0.1) is 0 Å². The molecule has 0 spiro atoms. The maximum atomic E-state index is 11.8. The number of amides is 1. The van der Waals surface area contributed by atoms with E-state index in [-0.39, 0.29) is 18.9 Å². The molecule has 2 aromatic rings. The van der Waals surface area contributed by atoms with E-state index in [9.17, 15) is 14.4 Å². The number of H-pyrrole nitrogens is 1. The van der Waals surface area contributed by atoms with Crippen LogP contribution >= 0.6 is 11.6 Å². The minimum Gasteiger partial charge on any atom is -0.326 e. The summed E-state index contributed by atoms with van der Waals surface area (Å²) in [5.74, 6) is -0.243. The van der Waals surface area contributed by atoms with Gasteiger partial charge in [0.2, 0.25) is 5.91 Å². The number of hydrogen-bond donors (Lipinski definition) is 2. The lowest BCUT2D eigenvalue weighted by atomic mass is 10.2. The predicted molar refractivity (Wildman–Crippen MR) is 80.8 cm³/mol. The zero-order valence-electron chi connectivity index (χ0n) is 11.4. The van der Waals surface area contributed by atoms with Crippen LogP contribution in [0.2, 0.25) is 5.02 Å². The number of nitrogens with zero attached hydrogens (tertiary/aromatic N) is 1. The molecule has 7 heteroatoms. The fraction of sp³-hybridized carbons (Fsp3) is 0.214. The summed E-state index contributed by atoms with van der Waals surface area (Å²) in [5, 5.41) is 3.27. The standard InChI is InChI=1S/C14H14ClN3O3/c1-9-2-3-10(8-11(9)15)16-12(19)4-6-18-7-5-13(20)17-14(18)21/h2-3,5,7-8H,4,6H2,1H3,(H,16,19)(H,17,20,21). The SMILES string of the molecule is Cc1ccc(NC(=O)CCn2ccc(=O)[nH]c2=O)cc1Cl. The molecule has 0 unspecified atom stereocenters. The van der Waals surface area contributed by atoms with Gasteiger partial charge >= 0.3 is 5.69 Å². The van der Waals surface area contributed by atoms with Crippen molar-refractivity contribution < 1.29 is 4.79 Å². The molecular formula is C14H14ClN3O3. The van der Waals surface area contributed by atoms with E-state index in [0.29, 0.717) is 10.7 Å². The van der Waals surface area contributed by atoms with Crippen LogP contribution in [0.4, 0.5) is 5.69 Å². The smallest absolute Gasteiger partial charge is 0.326 e. The molecular weight excluding hydrogens is 294 g/mol. The quantitative estimate of drug-likeness (QED) is 0.898. The predicted octanol–water partition coefficient (Wildman–Crippen LogP) is 1.53. The molecule has 0 bridgehead atoms. The molecule has 21 heavy (non-hydrogen) atoms. The second-order valence-electron chi connectivity index (χ2n) is 4.57. The normalized spacial score (nSPS) is 10.4. The van der Waals surface area contributed by atoms with Crippen molar-refractivity contribution in [3.05, 3.63) is 61.9 Å². The van der Waals surface area contributed by atoms with Crippen LogP contribution in [0.15, 0.2) is 40.1 Å². The number of nitrogens with one attached hydrogen (secondary N) is 2. The number of anilines is 1. The number of aromatic nitrogens is 2. The molecule has 0 fully saturated rings. The van der Waals surface area contributed by atoms with Crippen LogP contribution in [0, 0.1) is 6.92 Å². The summed E-state index contributed by atoms with van der Waals surface area (Å²) in [6.07, 6.45) is 1.47. The van der Waals surface area contributed by atoms with E-state index in [2.05, 4.69) is 10.3 Å². The molecule has 6 nitrogen and oxygen atoms in total. The van der Waals surface area contributed by atoms with Gasteiger partial charge < -0.3 is 9.88 Å². The summed E-state index contributed by atoms with van der Waals surface area (Å²) in [5.41, 5.74) is 0.530. The first-order valence-electron chi connectivity index (χ1n) is 6.31. The molecule has 1 heterocycles. The van der Waals surface area contributed by atoms with Crippen LogP contribution < -0.4 is 16.6 Å². The molecule has 1 aromatic heterocycles. The third-order valence-corrected chi connectivity index (χ3v) is 3.34. The van der Waals surface area contributed by atoms with Crippen molar-refractivity contribution in [1.29, 1.82) is 0 Å². The van der Waals surface area contributed by atoms with Crippen molar-refractivity contribution in [3.63, 3.8) is 0 Å². The van der Waals surface area contributed by atoms with Gasteiger partial charge in [-0.1, -0.05) is 17.7 Å². The Morgan fingerprint density at radius 1 is 1.33 bits per heavy atom. The molecule has 1 amide bonds. The Kier molecular flexibility index (Phi) is 4.59. The molecule has 0 aliphatic heterocycles. The number of hydrogen-bond acceptors (Lipinski definition) is 3. The van der Waals surface area contributed by atoms with Crippen molar-refractivity contribution in [3.8, 4) is 0 Å². The van der Waals surface area contributed by atoms with Gasteiger partial charge in [0.15, 0.2) is 0 Å². The Balaban J connectivity index is 1.97. The molecule has 0 saturated heterocycles. The lowest BCUT2D eigenvalue weighted by molar-refractivity contribution is -0.116. The second-order valence-corrected chi connectivity index (χ2v) is 4.97. The van der Waals surface area contributed by atoms with E-state index in [1.54, 1.807) is 12.1 Å². The number of aryl methyl sites for hydroxylation is 2. The maximum absolute atomic E-state index is 11.8. The van der Waals surface area contributed by atoms with Gasteiger partial charge in [0.25, 0.3) is 5.56 Å². The van der Waals surface area contributed by atoms with Crippen LogP contribution in [0.25, 0.3) is 0 Å². The topological polar surface area (TPSA) is 84.0 Å². The van der Waals surface area contributed by atoms with Gasteiger partial charge in [-0.05, 0) is 24.6 Å². The van der Waals surface area contributed by atoms with Gasteiger partial charge in [0, 0.05) is 35.9 Å². The Labute approximate surface area is 125 Å². The largest absolute Gasteiger partial charge is 0.328 e. The summed E-state index contributed by atoms with van der Waals surface area (Å²) >= 11 is 5.98. The van der Waals surface area contributed by atoms with Crippen LogP contribution in [0.5, 0.6) is 0 Å². The van der Waals surface area contributed by atoms with Crippen LogP contribution in [0.3, 0.4) is 0 Å². The summed E-state index contributed by atoms with van der Waals surface area (Å²) in [4.78, 5) is 36.3. The monoisotopic (exact) mass is 307 g/mol. The molecule has 110 valence electrons. The first-order chi connectivity index (χ1) is 9.95. The van der Waals surface area contributed by atoms with E-state index < -0.39 is 11.2 Å². The van der Waals surface area contributed by atoms with Crippen LogP contribution in [-0.4, -0.2) is 15.5 Å².